The third-order valence-corrected chi connectivity index (χ3v) is 5.45. The van der Waals surface area contributed by atoms with Crippen molar-refractivity contribution in [2.24, 2.45) is 0 Å². The molecule has 0 unspecified atom stereocenters. The molecule has 0 saturated carbocycles. The molecule has 0 aliphatic rings. The summed E-state index contributed by atoms with van der Waals surface area (Å²) in [5, 5.41) is 4.43. The lowest BCUT2D eigenvalue weighted by Gasteiger charge is -2.11. The molecule has 0 atom stereocenters. The number of hydrogen-bond acceptors (Lipinski definition) is 4. The zero-order valence-corrected chi connectivity index (χ0v) is 17.3. The van der Waals surface area contributed by atoms with E-state index in [0.717, 1.165) is 33.6 Å². The number of pyridine rings is 2. The minimum Gasteiger partial charge on any atom is -0.497 e. The van der Waals surface area contributed by atoms with E-state index < -0.39 is 0 Å². The first-order chi connectivity index (χ1) is 15.1. The molecule has 5 aromatic rings. The Kier molecular flexibility index (Phi) is 4.67. The number of nitrogens with one attached hydrogen (secondary N) is 2. The maximum atomic E-state index is 13.0. The van der Waals surface area contributed by atoms with Gasteiger partial charge in [0.2, 0.25) is 0 Å². The number of nitrogens with zero attached hydrogens (tertiary/aromatic N) is 2. The minimum absolute atomic E-state index is 0.190. The fraction of sp³-hybridized carbons (Fsp3) is 0.120. The normalized spacial score (nSPS) is 11.2. The standard InChI is InChI=1S/C25H22N4O2/c1-16-7-6-10-22-28-23(24(29(16)22)26-15-17-8-4-3-5-9-17)20-13-18-11-12-19(31-2)14-21(18)27-25(20)30/h3-14,26H,15H2,1-2H3,(H,27,30). The predicted molar refractivity (Wildman–Crippen MR) is 124 cm³/mol. The van der Waals surface area contributed by atoms with Crippen molar-refractivity contribution in [2.75, 3.05) is 12.4 Å². The monoisotopic (exact) mass is 410 g/mol. The number of imidazole rings is 1. The number of benzene rings is 2. The summed E-state index contributed by atoms with van der Waals surface area (Å²) in [7, 11) is 1.61. The van der Waals surface area contributed by atoms with Gasteiger partial charge in [0.25, 0.3) is 5.56 Å². The number of aryl methyl sites for hydroxylation is 1. The highest BCUT2D eigenvalue weighted by Crippen LogP contribution is 2.30. The average molecular weight is 410 g/mol. The Labute approximate surface area is 179 Å². The minimum atomic E-state index is -0.190. The van der Waals surface area contributed by atoms with Gasteiger partial charge in [-0.3, -0.25) is 9.20 Å². The number of fused-ring (bicyclic) bond motifs is 2. The van der Waals surface area contributed by atoms with E-state index in [4.69, 9.17) is 9.72 Å². The van der Waals surface area contributed by atoms with Gasteiger partial charge in [-0.1, -0.05) is 36.4 Å². The van der Waals surface area contributed by atoms with Gasteiger partial charge in [-0.15, -0.1) is 0 Å². The average Bonchev–Trinajstić information content (AvgIpc) is 3.17. The Balaban J connectivity index is 1.68. The number of aromatic nitrogens is 3. The topological polar surface area (TPSA) is 71.4 Å². The van der Waals surface area contributed by atoms with Crippen molar-refractivity contribution in [3.05, 3.63) is 94.4 Å². The third-order valence-electron chi connectivity index (χ3n) is 5.45. The molecular weight excluding hydrogens is 388 g/mol. The Morgan fingerprint density at radius 2 is 1.87 bits per heavy atom. The third kappa shape index (κ3) is 3.42. The van der Waals surface area contributed by atoms with Crippen LogP contribution in [0.1, 0.15) is 11.3 Å². The van der Waals surface area contributed by atoms with Crippen LogP contribution in [0.2, 0.25) is 0 Å². The molecule has 0 radical (unpaired) electrons. The van der Waals surface area contributed by atoms with E-state index in [-0.39, 0.29) is 5.56 Å². The molecule has 0 fully saturated rings. The van der Waals surface area contributed by atoms with Crippen molar-refractivity contribution < 1.29 is 4.74 Å². The van der Waals surface area contributed by atoms with Crippen molar-refractivity contribution in [2.45, 2.75) is 13.5 Å². The molecule has 0 aliphatic heterocycles. The SMILES string of the molecule is COc1ccc2cc(-c3nc4cccc(C)n4c3NCc3ccccc3)c(=O)[nH]c2c1. The molecule has 0 saturated heterocycles. The molecule has 31 heavy (non-hydrogen) atoms. The highest BCUT2D eigenvalue weighted by atomic mass is 16.5. The number of anilines is 1. The van der Waals surface area contributed by atoms with Crippen LogP contribution in [0, 0.1) is 6.92 Å². The molecule has 3 heterocycles. The quantitative estimate of drug-likeness (QED) is 0.438. The highest BCUT2D eigenvalue weighted by Gasteiger charge is 2.18. The summed E-state index contributed by atoms with van der Waals surface area (Å²) in [5.74, 6) is 1.50. The van der Waals surface area contributed by atoms with Gasteiger partial charge < -0.3 is 15.0 Å². The summed E-state index contributed by atoms with van der Waals surface area (Å²) in [5.41, 5.74) is 4.67. The van der Waals surface area contributed by atoms with Crippen molar-refractivity contribution in [1.29, 1.82) is 0 Å². The van der Waals surface area contributed by atoms with E-state index in [1.54, 1.807) is 7.11 Å². The highest BCUT2D eigenvalue weighted by molar-refractivity contribution is 5.87. The van der Waals surface area contributed by atoms with Gasteiger partial charge in [0.15, 0.2) is 0 Å². The van der Waals surface area contributed by atoms with Crippen LogP contribution in [0.15, 0.2) is 77.6 Å². The summed E-state index contributed by atoms with van der Waals surface area (Å²) in [6, 6.07) is 23.6. The van der Waals surface area contributed by atoms with Gasteiger partial charge in [0.05, 0.1) is 18.2 Å². The van der Waals surface area contributed by atoms with Crippen LogP contribution < -0.4 is 15.6 Å². The van der Waals surface area contributed by atoms with E-state index in [0.29, 0.717) is 23.6 Å². The molecular formula is C25H22N4O2. The van der Waals surface area contributed by atoms with E-state index in [1.165, 1.54) is 0 Å². The first-order valence-corrected chi connectivity index (χ1v) is 10.1. The second-order valence-electron chi connectivity index (χ2n) is 7.47. The van der Waals surface area contributed by atoms with Gasteiger partial charge in [-0.2, -0.15) is 0 Å². The lowest BCUT2D eigenvalue weighted by atomic mass is 10.1. The largest absolute Gasteiger partial charge is 0.497 e. The van der Waals surface area contributed by atoms with Crippen LogP contribution in [-0.2, 0) is 6.54 Å². The molecule has 0 spiro atoms. The maximum absolute atomic E-state index is 13.0. The van der Waals surface area contributed by atoms with Gasteiger partial charge in [0, 0.05) is 18.3 Å². The van der Waals surface area contributed by atoms with E-state index in [2.05, 4.69) is 26.8 Å². The van der Waals surface area contributed by atoms with E-state index >= 15 is 0 Å². The summed E-state index contributed by atoms with van der Waals surface area (Å²) < 4.78 is 7.33. The van der Waals surface area contributed by atoms with Crippen molar-refractivity contribution in [3.8, 4) is 17.0 Å². The molecule has 2 aromatic carbocycles. The number of ether oxygens (including phenoxy) is 1. The zero-order chi connectivity index (χ0) is 21.4. The second kappa shape index (κ2) is 7.65. The molecule has 6 heteroatoms. The first-order valence-electron chi connectivity index (χ1n) is 10.1. The van der Waals surface area contributed by atoms with Crippen molar-refractivity contribution in [1.82, 2.24) is 14.4 Å². The number of methoxy groups -OCH3 is 1. The van der Waals surface area contributed by atoms with Crippen LogP contribution in [0.25, 0.3) is 27.8 Å². The fourth-order valence-corrected chi connectivity index (χ4v) is 3.87. The van der Waals surface area contributed by atoms with Gasteiger partial charge in [-0.05, 0) is 48.2 Å². The number of aromatic amines is 1. The molecule has 3 aromatic heterocycles. The lowest BCUT2D eigenvalue weighted by molar-refractivity contribution is 0.415. The Bertz CT molecular complexity index is 1450. The van der Waals surface area contributed by atoms with E-state index in [9.17, 15) is 4.79 Å². The summed E-state index contributed by atoms with van der Waals surface area (Å²) in [6.07, 6.45) is 0. The molecule has 0 aliphatic carbocycles. The summed E-state index contributed by atoms with van der Waals surface area (Å²) >= 11 is 0. The van der Waals surface area contributed by atoms with Crippen LogP contribution in [0.4, 0.5) is 5.82 Å². The molecule has 0 bridgehead atoms. The molecule has 5 rings (SSSR count). The van der Waals surface area contributed by atoms with E-state index in [1.807, 2.05) is 67.6 Å². The lowest BCUT2D eigenvalue weighted by Crippen LogP contribution is -2.11. The van der Waals surface area contributed by atoms with Crippen molar-refractivity contribution in [3.63, 3.8) is 0 Å². The van der Waals surface area contributed by atoms with Crippen LogP contribution in [0.5, 0.6) is 5.75 Å². The maximum Gasteiger partial charge on any atom is 0.258 e. The zero-order valence-electron chi connectivity index (χ0n) is 17.3. The Morgan fingerprint density at radius 3 is 2.68 bits per heavy atom. The van der Waals surface area contributed by atoms with Gasteiger partial charge in [-0.25, -0.2) is 4.98 Å². The summed E-state index contributed by atoms with van der Waals surface area (Å²) in [4.78, 5) is 20.8. The number of rotatable bonds is 5. The molecule has 6 nitrogen and oxygen atoms in total. The smallest absolute Gasteiger partial charge is 0.258 e. The van der Waals surface area contributed by atoms with Crippen LogP contribution in [0.3, 0.4) is 0 Å². The molecule has 0 amide bonds. The Hall–Kier alpha value is -4.06. The molecule has 2 N–H and O–H groups in total. The predicted octanol–water partition coefficient (Wildman–Crippen LogP) is 4.77. The van der Waals surface area contributed by atoms with Crippen molar-refractivity contribution >= 4 is 22.4 Å². The Morgan fingerprint density at radius 1 is 1.03 bits per heavy atom. The number of H-pyrrole nitrogens is 1. The second-order valence-corrected chi connectivity index (χ2v) is 7.47. The van der Waals surface area contributed by atoms with Gasteiger partial charge >= 0.3 is 0 Å². The first kappa shape index (κ1) is 18.9. The summed E-state index contributed by atoms with van der Waals surface area (Å²) in [6.45, 7) is 2.65. The van der Waals surface area contributed by atoms with Crippen LogP contribution >= 0.6 is 0 Å². The number of hydrogen-bond donors (Lipinski definition) is 2. The van der Waals surface area contributed by atoms with Gasteiger partial charge in [0.1, 0.15) is 22.9 Å². The van der Waals surface area contributed by atoms with Crippen LogP contribution in [-0.4, -0.2) is 21.5 Å². The molecule has 154 valence electrons. The fourth-order valence-electron chi connectivity index (χ4n) is 3.87.